The number of hydrogen-bond acceptors (Lipinski definition) is 2. The van der Waals surface area contributed by atoms with Crippen molar-refractivity contribution in [3.63, 3.8) is 0 Å². The highest BCUT2D eigenvalue weighted by atomic mass is 16.4. The zero-order chi connectivity index (χ0) is 13.5. The second-order valence-electron chi connectivity index (χ2n) is 4.65. The van der Waals surface area contributed by atoms with E-state index in [0.717, 1.165) is 5.56 Å². The maximum Gasteiger partial charge on any atom is 0.322 e. The van der Waals surface area contributed by atoms with Crippen LogP contribution in [0.1, 0.15) is 19.4 Å². The molecule has 0 saturated carbocycles. The second-order valence-corrected chi connectivity index (χ2v) is 4.65. The molecule has 1 unspecified atom stereocenters. The molecule has 0 aliphatic carbocycles. The van der Waals surface area contributed by atoms with Gasteiger partial charge in [-0.25, -0.2) is 0 Å². The van der Waals surface area contributed by atoms with Gasteiger partial charge in [0.05, 0.1) is 0 Å². The van der Waals surface area contributed by atoms with Gasteiger partial charge in [-0.05, 0) is 17.9 Å². The summed E-state index contributed by atoms with van der Waals surface area (Å²) in [5.74, 6) is -1.26. The van der Waals surface area contributed by atoms with E-state index in [9.17, 15) is 9.59 Å². The standard InChI is InChI=1S/C14H19NO3/c1-10(2)12(14(18)15-9-13(16)17)8-11-6-4-3-5-7-11/h3-7,10,12H,8-9H2,1-2H3,(H,15,18)(H,16,17). The number of carboxylic acid groups (broad SMARTS) is 1. The van der Waals surface area contributed by atoms with E-state index in [1.54, 1.807) is 0 Å². The number of amides is 1. The quantitative estimate of drug-likeness (QED) is 0.806. The molecule has 0 aliphatic rings. The fourth-order valence-electron chi connectivity index (χ4n) is 1.79. The molecule has 1 aromatic carbocycles. The number of rotatable bonds is 6. The van der Waals surface area contributed by atoms with Gasteiger partial charge < -0.3 is 10.4 Å². The molecule has 1 aromatic rings. The Hall–Kier alpha value is -1.84. The summed E-state index contributed by atoms with van der Waals surface area (Å²) in [4.78, 5) is 22.4. The lowest BCUT2D eigenvalue weighted by atomic mass is 9.88. The van der Waals surface area contributed by atoms with Gasteiger partial charge in [0.2, 0.25) is 5.91 Å². The maximum atomic E-state index is 11.9. The summed E-state index contributed by atoms with van der Waals surface area (Å²) in [6.07, 6.45) is 0.629. The first-order chi connectivity index (χ1) is 8.50. The molecule has 0 radical (unpaired) electrons. The number of benzene rings is 1. The molecular formula is C14H19NO3. The molecule has 0 heterocycles. The van der Waals surface area contributed by atoms with Crippen LogP contribution < -0.4 is 5.32 Å². The highest BCUT2D eigenvalue weighted by Gasteiger charge is 2.22. The van der Waals surface area contributed by atoms with Crippen LogP contribution in [0.25, 0.3) is 0 Å². The molecule has 1 atom stereocenters. The van der Waals surface area contributed by atoms with Crippen molar-refractivity contribution in [1.82, 2.24) is 5.32 Å². The van der Waals surface area contributed by atoms with Crippen LogP contribution in [0.3, 0.4) is 0 Å². The van der Waals surface area contributed by atoms with Gasteiger partial charge in [0, 0.05) is 5.92 Å². The lowest BCUT2D eigenvalue weighted by Crippen LogP contribution is -2.37. The van der Waals surface area contributed by atoms with Crippen molar-refractivity contribution in [2.75, 3.05) is 6.54 Å². The Morgan fingerprint density at radius 3 is 2.33 bits per heavy atom. The lowest BCUT2D eigenvalue weighted by Gasteiger charge is -2.19. The van der Waals surface area contributed by atoms with Crippen molar-refractivity contribution in [3.8, 4) is 0 Å². The smallest absolute Gasteiger partial charge is 0.322 e. The van der Waals surface area contributed by atoms with E-state index in [0.29, 0.717) is 6.42 Å². The molecule has 4 nitrogen and oxygen atoms in total. The van der Waals surface area contributed by atoms with Crippen LogP contribution in [0.15, 0.2) is 30.3 Å². The van der Waals surface area contributed by atoms with Crippen molar-refractivity contribution in [2.45, 2.75) is 20.3 Å². The number of nitrogens with one attached hydrogen (secondary N) is 1. The van der Waals surface area contributed by atoms with E-state index in [-0.39, 0.29) is 24.3 Å². The molecule has 2 N–H and O–H groups in total. The van der Waals surface area contributed by atoms with Gasteiger partial charge in [-0.3, -0.25) is 9.59 Å². The minimum absolute atomic E-state index is 0.166. The molecule has 18 heavy (non-hydrogen) atoms. The molecule has 1 amide bonds. The molecule has 0 saturated heterocycles. The van der Waals surface area contributed by atoms with Gasteiger partial charge in [-0.1, -0.05) is 44.2 Å². The van der Waals surface area contributed by atoms with Gasteiger partial charge in [0.1, 0.15) is 6.54 Å². The number of aliphatic carboxylic acids is 1. The average Bonchev–Trinajstić information content (AvgIpc) is 2.34. The monoisotopic (exact) mass is 249 g/mol. The second kappa shape index (κ2) is 6.79. The fourth-order valence-corrected chi connectivity index (χ4v) is 1.79. The Balaban J connectivity index is 2.65. The van der Waals surface area contributed by atoms with Crippen LogP contribution in [0.5, 0.6) is 0 Å². The molecule has 0 bridgehead atoms. The highest BCUT2D eigenvalue weighted by Crippen LogP contribution is 2.17. The van der Waals surface area contributed by atoms with Crippen molar-refractivity contribution in [2.24, 2.45) is 11.8 Å². The van der Waals surface area contributed by atoms with Crippen LogP contribution in [0.2, 0.25) is 0 Å². The van der Waals surface area contributed by atoms with Gasteiger partial charge in [-0.2, -0.15) is 0 Å². The van der Waals surface area contributed by atoms with E-state index in [4.69, 9.17) is 5.11 Å². The van der Waals surface area contributed by atoms with E-state index in [1.165, 1.54) is 0 Å². The summed E-state index contributed by atoms with van der Waals surface area (Å²) in [5.41, 5.74) is 1.08. The third kappa shape index (κ3) is 4.57. The predicted octanol–water partition coefficient (Wildman–Crippen LogP) is 1.70. The van der Waals surface area contributed by atoms with E-state index < -0.39 is 5.97 Å². The lowest BCUT2D eigenvalue weighted by molar-refractivity contribution is -0.138. The largest absolute Gasteiger partial charge is 0.480 e. The molecule has 1 rings (SSSR count). The first-order valence-electron chi connectivity index (χ1n) is 6.04. The Labute approximate surface area is 107 Å². The molecule has 0 spiro atoms. The number of carbonyl (C=O) groups excluding carboxylic acids is 1. The SMILES string of the molecule is CC(C)C(Cc1ccccc1)C(=O)NCC(=O)O. The molecule has 98 valence electrons. The first kappa shape index (κ1) is 14.2. The summed E-state index contributed by atoms with van der Waals surface area (Å²) in [7, 11) is 0. The van der Waals surface area contributed by atoms with Gasteiger partial charge in [0.15, 0.2) is 0 Å². The summed E-state index contributed by atoms with van der Waals surface area (Å²) >= 11 is 0. The topological polar surface area (TPSA) is 66.4 Å². The Morgan fingerprint density at radius 2 is 1.83 bits per heavy atom. The Morgan fingerprint density at radius 1 is 1.22 bits per heavy atom. The van der Waals surface area contributed by atoms with Gasteiger partial charge in [-0.15, -0.1) is 0 Å². The molecule has 4 heteroatoms. The van der Waals surface area contributed by atoms with Crippen molar-refractivity contribution in [3.05, 3.63) is 35.9 Å². The minimum atomic E-state index is -1.02. The van der Waals surface area contributed by atoms with Crippen LogP contribution in [-0.2, 0) is 16.0 Å². The molecule has 0 aliphatic heterocycles. The summed E-state index contributed by atoms with van der Waals surface area (Å²) in [6, 6.07) is 9.74. The van der Waals surface area contributed by atoms with Crippen LogP contribution >= 0.6 is 0 Å². The summed E-state index contributed by atoms with van der Waals surface area (Å²) < 4.78 is 0. The number of carbonyl (C=O) groups is 2. The average molecular weight is 249 g/mol. The number of carboxylic acids is 1. The number of hydrogen-bond donors (Lipinski definition) is 2. The summed E-state index contributed by atoms with van der Waals surface area (Å²) in [6.45, 7) is 3.61. The molecular weight excluding hydrogens is 230 g/mol. The Bertz CT molecular complexity index is 401. The highest BCUT2D eigenvalue weighted by molar-refractivity contribution is 5.83. The van der Waals surface area contributed by atoms with Crippen LogP contribution in [0, 0.1) is 11.8 Å². The van der Waals surface area contributed by atoms with Crippen molar-refractivity contribution < 1.29 is 14.7 Å². The van der Waals surface area contributed by atoms with Crippen LogP contribution in [-0.4, -0.2) is 23.5 Å². The molecule has 0 fully saturated rings. The van der Waals surface area contributed by atoms with E-state index in [2.05, 4.69) is 5.32 Å². The fraction of sp³-hybridized carbons (Fsp3) is 0.429. The van der Waals surface area contributed by atoms with Crippen molar-refractivity contribution >= 4 is 11.9 Å². The van der Waals surface area contributed by atoms with E-state index in [1.807, 2.05) is 44.2 Å². The zero-order valence-corrected chi connectivity index (χ0v) is 10.7. The van der Waals surface area contributed by atoms with Crippen molar-refractivity contribution in [1.29, 1.82) is 0 Å². The maximum absolute atomic E-state index is 11.9. The minimum Gasteiger partial charge on any atom is -0.480 e. The predicted molar refractivity (Wildman–Crippen MR) is 69.1 cm³/mol. The molecule has 0 aromatic heterocycles. The zero-order valence-electron chi connectivity index (χ0n) is 10.7. The first-order valence-corrected chi connectivity index (χ1v) is 6.04. The normalized spacial score (nSPS) is 12.2. The third-order valence-corrected chi connectivity index (χ3v) is 2.85. The van der Waals surface area contributed by atoms with Gasteiger partial charge in [0.25, 0.3) is 0 Å². The van der Waals surface area contributed by atoms with E-state index >= 15 is 0 Å². The summed E-state index contributed by atoms with van der Waals surface area (Å²) in [5, 5.41) is 11.0. The Kier molecular flexibility index (Phi) is 5.36. The van der Waals surface area contributed by atoms with Gasteiger partial charge >= 0.3 is 5.97 Å². The third-order valence-electron chi connectivity index (χ3n) is 2.85. The van der Waals surface area contributed by atoms with Crippen LogP contribution in [0.4, 0.5) is 0 Å².